The van der Waals surface area contributed by atoms with E-state index >= 15 is 0 Å². The van der Waals surface area contributed by atoms with Crippen LogP contribution >= 0.6 is 0 Å². The monoisotopic (exact) mass is 1090 g/mol. The molecular formula is C66H125NO10. The highest BCUT2D eigenvalue weighted by molar-refractivity contribution is 5.80. The van der Waals surface area contributed by atoms with Gasteiger partial charge in [-0.3, -0.25) is 4.79 Å². The van der Waals surface area contributed by atoms with E-state index in [0.717, 1.165) is 51.4 Å². The molecule has 11 nitrogen and oxygen atoms in total. The second-order valence-electron chi connectivity index (χ2n) is 23.2. The normalized spacial score (nSPS) is 19.7. The summed E-state index contributed by atoms with van der Waals surface area (Å²) in [6.45, 7) is 3.38. The van der Waals surface area contributed by atoms with Crippen molar-refractivity contribution in [2.45, 2.75) is 364 Å². The van der Waals surface area contributed by atoms with Crippen LogP contribution in [-0.4, -0.2) is 110 Å². The molecule has 0 aliphatic carbocycles. The van der Waals surface area contributed by atoms with Crippen molar-refractivity contribution in [3.63, 3.8) is 0 Å². The summed E-state index contributed by atoms with van der Waals surface area (Å²) in [7, 11) is 0. The molecule has 77 heavy (non-hydrogen) atoms. The zero-order chi connectivity index (χ0) is 56.1. The van der Waals surface area contributed by atoms with E-state index in [2.05, 4.69) is 55.6 Å². The van der Waals surface area contributed by atoms with E-state index in [9.17, 15) is 40.5 Å². The average Bonchev–Trinajstić information content (AvgIpc) is 3.43. The molecule has 1 fully saturated rings. The molecule has 0 aromatic rings. The maximum atomic E-state index is 13.2. The summed E-state index contributed by atoms with van der Waals surface area (Å²) in [5.74, 6) is -0.704. The van der Waals surface area contributed by atoms with Crippen LogP contribution < -0.4 is 5.32 Å². The third-order valence-electron chi connectivity index (χ3n) is 15.9. The van der Waals surface area contributed by atoms with Gasteiger partial charge in [-0.1, -0.05) is 281 Å². The van der Waals surface area contributed by atoms with Crippen LogP contribution in [0.4, 0.5) is 0 Å². The SMILES string of the molecule is CC/C=C\C/C=C\CCCCCCCCCCCCCCCC(O)C(=O)NC(COC1OC(CO)C(O)C(O)C1O)C(O)C(O)CCC/C=C/CCCCCCCCCCCCCCCCCCCCCCCCCCC. The lowest BCUT2D eigenvalue weighted by molar-refractivity contribution is -0.303. The highest BCUT2D eigenvalue weighted by Gasteiger charge is 2.44. The van der Waals surface area contributed by atoms with Crippen molar-refractivity contribution < 1.29 is 50.0 Å². The van der Waals surface area contributed by atoms with Crippen molar-refractivity contribution in [2.24, 2.45) is 0 Å². The van der Waals surface area contributed by atoms with E-state index in [4.69, 9.17) is 9.47 Å². The van der Waals surface area contributed by atoms with Gasteiger partial charge in [-0.2, -0.15) is 0 Å². The molecule has 9 atom stereocenters. The number of allylic oxidation sites excluding steroid dienone is 6. The number of carbonyl (C=O) groups excluding carboxylic acids is 1. The molecular weight excluding hydrogens is 967 g/mol. The number of aliphatic hydroxyl groups excluding tert-OH is 7. The second-order valence-corrected chi connectivity index (χ2v) is 23.2. The minimum absolute atomic E-state index is 0.253. The van der Waals surface area contributed by atoms with E-state index < -0.39 is 74.2 Å². The Hall–Kier alpha value is -1.67. The predicted molar refractivity (Wildman–Crippen MR) is 321 cm³/mol. The molecule has 0 aromatic heterocycles. The molecule has 454 valence electrons. The number of ether oxygens (including phenoxy) is 2. The van der Waals surface area contributed by atoms with E-state index in [1.54, 1.807) is 0 Å². The third kappa shape index (κ3) is 42.8. The van der Waals surface area contributed by atoms with Gasteiger partial charge in [0.1, 0.15) is 36.6 Å². The molecule has 9 unspecified atom stereocenters. The molecule has 0 bridgehead atoms. The van der Waals surface area contributed by atoms with E-state index in [0.29, 0.717) is 12.8 Å². The van der Waals surface area contributed by atoms with Crippen molar-refractivity contribution >= 4 is 5.91 Å². The van der Waals surface area contributed by atoms with Crippen LogP contribution in [0, 0.1) is 0 Å². The number of rotatable bonds is 57. The first kappa shape index (κ1) is 73.3. The second kappa shape index (κ2) is 54.9. The molecule has 11 heteroatoms. The summed E-state index contributed by atoms with van der Waals surface area (Å²) in [5, 5.41) is 76.3. The van der Waals surface area contributed by atoms with Gasteiger partial charge in [0.05, 0.1) is 25.4 Å². The van der Waals surface area contributed by atoms with Crippen molar-refractivity contribution in [3.8, 4) is 0 Å². The maximum absolute atomic E-state index is 13.2. The fraction of sp³-hybridized carbons (Fsp3) is 0.894. The van der Waals surface area contributed by atoms with Crippen LogP contribution in [0.1, 0.15) is 309 Å². The number of hydrogen-bond acceptors (Lipinski definition) is 10. The Morgan fingerprint density at radius 3 is 1.26 bits per heavy atom. The van der Waals surface area contributed by atoms with Crippen molar-refractivity contribution in [1.29, 1.82) is 0 Å². The lowest BCUT2D eigenvalue weighted by atomic mass is 9.98. The molecule has 1 saturated heterocycles. The van der Waals surface area contributed by atoms with Gasteiger partial charge in [0.25, 0.3) is 0 Å². The number of carbonyl (C=O) groups is 1. The van der Waals surface area contributed by atoms with Gasteiger partial charge in [-0.05, 0) is 64.2 Å². The number of nitrogens with one attached hydrogen (secondary N) is 1. The van der Waals surface area contributed by atoms with Gasteiger partial charge in [-0.15, -0.1) is 0 Å². The smallest absolute Gasteiger partial charge is 0.249 e. The van der Waals surface area contributed by atoms with Crippen LogP contribution in [-0.2, 0) is 14.3 Å². The van der Waals surface area contributed by atoms with Gasteiger partial charge < -0.3 is 50.5 Å². The van der Waals surface area contributed by atoms with Gasteiger partial charge in [-0.25, -0.2) is 0 Å². The first-order valence-corrected chi connectivity index (χ1v) is 32.9. The Bertz CT molecular complexity index is 1350. The highest BCUT2D eigenvalue weighted by Crippen LogP contribution is 2.24. The highest BCUT2D eigenvalue weighted by atomic mass is 16.7. The number of hydrogen-bond donors (Lipinski definition) is 8. The topological polar surface area (TPSA) is 189 Å². The van der Waals surface area contributed by atoms with Crippen molar-refractivity contribution in [1.82, 2.24) is 5.32 Å². The van der Waals surface area contributed by atoms with E-state index in [1.807, 2.05) is 0 Å². The molecule has 0 aromatic carbocycles. The standard InChI is InChI=1S/C66H125NO10/c1-3-5-7-9-11-13-15-17-19-21-23-25-26-27-28-29-30-31-32-33-34-36-37-39-41-43-45-47-49-51-53-58(69)61(71)57(56-76-66-64(74)63(73)62(72)60(55-68)77-66)67-65(75)59(70)54-52-50-48-46-44-42-40-38-35-24-22-20-18-16-14-12-10-8-6-4-2/h6,8,12,14,45,47,57-64,66,68-74H,3-5,7,9-11,13,15-44,46,48-56H2,1-2H3,(H,67,75)/b8-6-,14-12-,47-45+. The van der Waals surface area contributed by atoms with Crippen LogP contribution in [0.5, 0.6) is 0 Å². The summed E-state index contributed by atoms with van der Waals surface area (Å²) in [6.07, 6.45) is 58.0. The minimum Gasteiger partial charge on any atom is -0.394 e. The summed E-state index contributed by atoms with van der Waals surface area (Å²) in [5.41, 5.74) is 0. The van der Waals surface area contributed by atoms with Crippen LogP contribution in [0.25, 0.3) is 0 Å². The molecule has 1 rings (SSSR count). The Labute approximate surface area is 473 Å². The fourth-order valence-corrected chi connectivity index (χ4v) is 10.7. The Morgan fingerprint density at radius 2 is 0.844 bits per heavy atom. The zero-order valence-electron chi connectivity index (χ0n) is 50.0. The first-order valence-electron chi connectivity index (χ1n) is 32.9. The van der Waals surface area contributed by atoms with Crippen LogP contribution in [0.15, 0.2) is 36.5 Å². The molecule has 0 radical (unpaired) electrons. The molecule has 1 amide bonds. The van der Waals surface area contributed by atoms with Crippen LogP contribution in [0.3, 0.4) is 0 Å². The van der Waals surface area contributed by atoms with Crippen molar-refractivity contribution in [2.75, 3.05) is 13.2 Å². The average molecular weight is 1090 g/mol. The molecule has 0 spiro atoms. The Kier molecular flexibility index (Phi) is 52.3. The summed E-state index contributed by atoms with van der Waals surface area (Å²) in [6, 6.07) is -1.19. The van der Waals surface area contributed by atoms with Gasteiger partial charge >= 0.3 is 0 Å². The Morgan fingerprint density at radius 1 is 0.468 bits per heavy atom. The lowest BCUT2D eigenvalue weighted by Gasteiger charge is -2.40. The summed E-state index contributed by atoms with van der Waals surface area (Å²) in [4.78, 5) is 13.2. The largest absolute Gasteiger partial charge is 0.394 e. The first-order chi connectivity index (χ1) is 37.7. The number of aliphatic hydroxyl groups is 7. The maximum Gasteiger partial charge on any atom is 0.249 e. The molecule has 1 aliphatic rings. The predicted octanol–water partition coefficient (Wildman–Crippen LogP) is 15.0. The van der Waals surface area contributed by atoms with Gasteiger partial charge in [0, 0.05) is 0 Å². The van der Waals surface area contributed by atoms with E-state index in [1.165, 1.54) is 218 Å². The number of amides is 1. The minimum atomic E-state index is -1.67. The zero-order valence-corrected chi connectivity index (χ0v) is 50.0. The molecule has 8 N–H and O–H groups in total. The summed E-state index contributed by atoms with van der Waals surface area (Å²) >= 11 is 0. The van der Waals surface area contributed by atoms with Crippen LogP contribution in [0.2, 0.25) is 0 Å². The lowest BCUT2D eigenvalue weighted by Crippen LogP contribution is -2.60. The molecule has 1 aliphatic heterocycles. The van der Waals surface area contributed by atoms with Gasteiger partial charge in [0.15, 0.2) is 6.29 Å². The Balaban J connectivity index is 2.23. The molecule has 0 saturated carbocycles. The number of unbranched alkanes of at least 4 members (excludes halogenated alkanes) is 39. The van der Waals surface area contributed by atoms with E-state index in [-0.39, 0.29) is 12.8 Å². The fourth-order valence-electron chi connectivity index (χ4n) is 10.7. The third-order valence-corrected chi connectivity index (χ3v) is 15.9. The summed E-state index contributed by atoms with van der Waals surface area (Å²) < 4.78 is 11.2. The quantitative estimate of drug-likeness (QED) is 0.0215. The molecule has 1 heterocycles. The van der Waals surface area contributed by atoms with Gasteiger partial charge in [0.2, 0.25) is 5.91 Å². The van der Waals surface area contributed by atoms with Crippen molar-refractivity contribution in [3.05, 3.63) is 36.5 Å².